The zero-order chi connectivity index (χ0) is 14.1. The van der Waals surface area contributed by atoms with Gasteiger partial charge in [-0.15, -0.1) is 0 Å². The fraction of sp³-hybridized carbons (Fsp3) is 0.500. The third-order valence-corrected chi connectivity index (χ3v) is 2.88. The van der Waals surface area contributed by atoms with E-state index < -0.39 is 0 Å². The summed E-state index contributed by atoms with van der Waals surface area (Å²) >= 11 is 5.03. The Morgan fingerprint density at radius 1 is 1.16 bits per heavy atom. The smallest absolute Gasteiger partial charge is 0.166 e. The van der Waals surface area contributed by atoms with E-state index >= 15 is 0 Å². The van der Waals surface area contributed by atoms with E-state index in [1.165, 1.54) is 5.56 Å². The first kappa shape index (κ1) is 15.6. The SMILES string of the molecule is CCOc1ccc(CCNC(=S)NC)cc1OCC. The Morgan fingerprint density at radius 3 is 2.47 bits per heavy atom. The van der Waals surface area contributed by atoms with Gasteiger partial charge in [0.1, 0.15) is 0 Å². The molecular formula is C14H22N2O2S. The number of benzene rings is 1. The third kappa shape index (κ3) is 5.34. The summed E-state index contributed by atoms with van der Waals surface area (Å²) in [6, 6.07) is 6.04. The highest BCUT2D eigenvalue weighted by Crippen LogP contribution is 2.28. The van der Waals surface area contributed by atoms with Crippen LogP contribution >= 0.6 is 12.2 Å². The average molecular weight is 282 g/mol. The Labute approximate surface area is 120 Å². The lowest BCUT2D eigenvalue weighted by molar-refractivity contribution is 0.287. The fourth-order valence-corrected chi connectivity index (χ4v) is 1.76. The maximum Gasteiger partial charge on any atom is 0.166 e. The van der Waals surface area contributed by atoms with Crippen LogP contribution in [-0.4, -0.2) is 31.9 Å². The molecule has 1 rings (SSSR count). The first-order valence-corrected chi connectivity index (χ1v) is 6.96. The molecule has 0 bridgehead atoms. The lowest BCUT2D eigenvalue weighted by Crippen LogP contribution is -2.33. The first-order chi connectivity index (χ1) is 9.21. The summed E-state index contributed by atoms with van der Waals surface area (Å²) in [6.07, 6.45) is 0.883. The third-order valence-electron chi connectivity index (χ3n) is 2.53. The minimum atomic E-state index is 0.631. The lowest BCUT2D eigenvalue weighted by Gasteiger charge is -2.13. The van der Waals surface area contributed by atoms with E-state index in [0.717, 1.165) is 24.5 Å². The Bertz CT molecular complexity index is 410. The summed E-state index contributed by atoms with van der Waals surface area (Å²) in [5.41, 5.74) is 1.19. The number of rotatable bonds is 7. The average Bonchev–Trinajstić information content (AvgIpc) is 2.42. The monoisotopic (exact) mass is 282 g/mol. The van der Waals surface area contributed by atoms with Crippen LogP contribution in [0.1, 0.15) is 19.4 Å². The molecule has 0 saturated carbocycles. The van der Waals surface area contributed by atoms with Crippen LogP contribution in [0.2, 0.25) is 0 Å². The number of thiocarbonyl (C=S) groups is 1. The second-order valence-electron chi connectivity index (χ2n) is 3.90. The van der Waals surface area contributed by atoms with Gasteiger partial charge in [-0.2, -0.15) is 0 Å². The van der Waals surface area contributed by atoms with Crippen molar-refractivity contribution >= 4 is 17.3 Å². The van der Waals surface area contributed by atoms with Crippen molar-refractivity contribution in [3.63, 3.8) is 0 Å². The van der Waals surface area contributed by atoms with Crippen LogP contribution in [0.3, 0.4) is 0 Å². The standard InChI is InChI=1S/C14H22N2O2S/c1-4-17-12-7-6-11(10-13(12)18-5-2)8-9-16-14(19)15-3/h6-7,10H,4-5,8-9H2,1-3H3,(H2,15,16,19). The number of nitrogens with one attached hydrogen (secondary N) is 2. The van der Waals surface area contributed by atoms with Crippen molar-refractivity contribution in [2.24, 2.45) is 0 Å². The summed E-state index contributed by atoms with van der Waals surface area (Å²) < 4.78 is 11.1. The van der Waals surface area contributed by atoms with Crippen LogP contribution in [-0.2, 0) is 6.42 Å². The lowest BCUT2D eigenvalue weighted by atomic mass is 10.1. The van der Waals surface area contributed by atoms with E-state index in [1.807, 2.05) is 26.0 Å². The molecule has 0 heterocycles. The van der Waals surface area contributed by atoms with Crippen LogP contribution in [0.15, 0.2) is 18.2 Å². The molecule has 0 unspecified atom stereocenters. The number of ether oxygens (including phenoxy) is 2. The predicted octanol–water partition coefficient (Wildman–Crippen LogP) is 2.12. The first-order valence-electron chi connectivity index (χ1n) is 6.55. The molecule has 0 atom stereocenters. The molecule has 0 aliphatic heterocycles. The van der Waals surface area contributed by atoms with Gasteiger partial charge in [-0.1, -0.05) is 6.07 Å². The summed E-state index contributed by atoms with van der Waals surface area (Å²) in [6.45, 7) is 5.99. The molecule has 1 aromatic carbocycles. The minimum Gasteiger partial charge on any atom is -0.490 e. The zero-order valence-electron chi connectivity index (χ0n) is 11.8. The van der Waals surface area contributed by atoms with Gasteiger partial charge in [0.05, 0.1) is 13.2 Å². The molecule has 19 heavy (non-hydrogen) atoms. The molecule has 2 N–H and O–H groups in total. The highest BCUT2D eigenvalue weighted by atomic mass is 32.1. The summed E-state index contributed by atoms with van der Waals surface area (Å²) in [4.78, 5) is 0. The predicted molar refractivity (Wildman–Crippen MR) is 82.1 cm³/mol. The Hall–Kier alpha value is -1.49. The van der Waals surface area contributed by atoms with E-state index in [-0.39, 0.29) is 0 Å². The van der Waals surface area contributed by atoms with Crippen molar-refractivity contribution in [1.29, 1.82) is 0 Å². The van der Waals surface area contributed by atoms with Crippen molar-refractivity contribution < 1.29 is 9.47 Å². The van der Waals surface area contributed by atoms with Crippen molar-refractivity contribution in [2.75, 3.05) is 26.8 Å². The van der Waals surface area contributed by atoms with Gasteiger partial charge in [0, 0.05) is 13.6 Å². The van der Waals surface area contributed by atoms with Crippen molar-refractivity contribution in [2.45, 2.75) is 20.3 Å². The largest absolute Gasteiger partial charge is 0.490 e. The van der Waals surface area contributed by atoms with Gasteiger partial charge >= 0.3 is 0 Å². The zero-order valence-corrected chi connectivity index (χ0v) is 12.6. The Balaban J connectivity index is 2.63. The molecule has 106 valence electrons. The van der Waals surface area contributed by atoms with Gasteiger partial charge < -0.3 is 20.1 Å². The van der Waals surface area contributed by atoms with Crippen molar-refractivity contribution in [3.8, 4) is 11.5 Å². The van der Waals surface area contributed by atoms with E-state index in [4.69, 9.17) is 21.7 Å². The van der Waals surface area contributed by atoms with E-state index in [1.54, 1.807) is 7.05 Å². The molecule has 0 amide bonds. The maximum atomic E-state index is 5.60. The number of hydrogen-bond acceptors (Lipinski definition) is 3. The normalized spacial score (nSPS) is 9.84. The molecule has 0 spiro atoms. The van der Waals surface area contributed by atoms with Crippen molar-refractivity contribution in [3.05, 3.63) is 23.8 Å². The van der Waals surface area contributed by atoms with Crippen LogP contribution < -0.4 is 20.1 Å². The molecular weight excluding hydrogens is 260 g/mol. The van der Waals surface area contributed by atoms with Crippen molar-refractivity contribution in [1.82, 2.24) is 10.6 Å². The summed E-state index contributed by atoms with van der Waals surface area (Å²) in [5.74, 6) is 1.60. The molecule has 0 aromatic heterocycles. The molecule has 0 aliphatic rings. The minimum absolute atomic E-state index is 0.631. The second-order valence-corrected chi connectivity index (χ2v) is 4.31. The van der Waals surface area contributed by atoms with E-state index in [9.17, 15) is 0 Å². The van der Waals surface area contributed by atoms with Gasteiger partial charge in [-0.05, 0) is 50.2 Å². The van der Waals surface area contributed by atoms with Gasteiger partial charge in [0.15, 0.2) is 16.6 Å². The summed E-state index contributed by atoms with van der Waals surface area (Å²) in [5, 5.41) is 6.67. The van der Waals surface area contributed by atoms with Crippen LogP contribution in [0.4, 0.5) is 0 Å². The molecule has 0 aliphatic carbocycles. The van der Waals surface area contributed by atoms with Gasteiger partial charge in [-0.25, -0.2) is 0 Å². The molecule has 0 radical (unpaired) electrons. The topological polar surface area (TPSA) is 42.5 Å². The molecule has 4 nitrogen and oxygen atoms in total. The highest BCUT2D eigenvalue weighted by molar-refractivity contribution is 7.80. The van der Waals surface area contributed by atoms with Gasteiger partial charge in [0.25, 0.3) is 0 Å². The molecule has 0 fully saturated rings. The molecule has 5 heteroatoms. The van der Waals surface area contributed by atoms with Crippen LogP contribution in [0, 0.1) is 0 Å². The fourth-order valence-electron chi connectivity index (χ4n) is 1.66. The highest BCUT2D eigenvalue weighted by Gasteiger charge is 2.06. The summed E-state index contributed by atoms with van der Waals surface area (Å²) in [7, 11) is 1.80. The molecule has 1 aromatic rings. The van der Waals surface area contributed by atoms with E-state index in [2.05, 4.69) is 16.7 Å². The Kier molecular flexibility index (Phi) is 7.03. The quantitative estimate of drug-likeness (QED) is 0.750. The van der Waals surface area contributed by atoms with Crippen LogP contribution in [0.25, 0.3) is 0 Å². The number of hydrogen-bond donors (Lipinski definition) is 2. The Morgan fingerprint density at radius 2 is 1.84 bits per heavy atom. The molecule has 0 saturated heterocycles. The maximum absolute atomic E-state index is 5.60. The van der Waals surface area contributed by atoms with Crippen LogP contribution in [0.5, 0.6) is 11.5 Å². The van der Waals surface area contributed by atoms with Gasteiger partial charge in [0.2, 0.25) is 0 Å². The van der Waals surface area contributed by atoms with Gasteiger partial charge in [-0.3, -0.25) is 0 Å². The second kappa shape index (κ2) is 8.58. The van der Waals surface area contributed by atoms with E-state index in [0.29, 0.717) is 18.3 Å².